The maximum Gasteiger partial charge on any atom is 0.257 e. The molecule has 0 heterocycles. The summed E-state index contributed by atoms with van der Waals surface area (Å²) in [6.07, 6.45) is 0.891. The molecule has 3 N–H and O–H groups in total. The number of hydrogen-bond acceptors (Lipinski definition) is 3. The Bertz CT molecular complexity index is 385. The van der Waals surface area contributed by atoms with Gasteiger partial charge in [-0.25, -0.2) is 0 Å². The predicted octanol–water partition coefficient (Wildman–Crippen LogP) is 1.76. The molecule has 0 aliphatic heterocycles. The van der Waals surface area contributed by atoms with Gasteiger partial charge < -0.3 is 15.8 Å². The van der Waals surface area contributed by atoms with Gasteiger partial charge in [0.1, 0.15) is 5.75 Å². The van der Waals surface area contributed by atoms with E-state index in [0.717, 1.165) is 17.7 Å². The van der Waals surface area contributed by atoms with E-state index in [1.807, 2.05) is 31.2 Å². The van der Waals surface area contributed by atoms with Crippen LogP contribution in [-0.4, -0.2) is 25.6 Å². The molecule has 0 aromatic heterocycles. The topological polar surface area (TPSA) is 64.3 Å². The third-order valence-electron chi connectivity index (χ3n) is 2.76. The maximum atomic E-state index is 11.6. The van der Waals surface area contributed by atoms with Crippen molar-refractivity contribution in [1.82, 2.24) is 5.32 Å². The molecule has 1 aromatic rings. The number of para-hydroxylation sites is 1. The van der Waals surface area contributed by atoms with Crippen molar-refractivity contribution in [3.63, 3.8) is 0 Å². The standard InChI is InChI=1S/C14H22N2O2.ClH/c1-3-12-6-4-5-7-13(12)18-10-14(17)16-9-11(2)8-15;/h4-7,11H,3,8-10,15H2,1-2H3,(H,16,17);1H. The van der Waals surface area contributed by atoms with Crippen molar-refractivity contribution in [2.75, 3.05) is 19.7 Å². The molecular weight excluding hydrogens is 264 g/mol. The minimum Gasteiger partial charge on any atom is -0.483 e. The van der Waals surface area contributed by atoms with Crippen LogP contribution in [0.25, 0.3) is 0 Å². The lowest BCUT2D eigenvalue weighted by Gasteiger charge is -2.12. The summed E-state index contributed by atoms with van der Waals surface area (Å²) in [6, 6.07) is 7.76. The average Bonchev–Trinajstić information content (AvgIpc) is 2.42. The van der Waals surface area contributed by atoms with E-state index in [9.17, 15) is 4.79 Å². The molecule has 0 bridgehead atoms. The lowest BCUT2D eigenvalue weighted by atomic mass is 10.1. The number of halogens is 1. The van der Waals surface area contributed by atoms with Crippen LogP contribution in [0.5, 0.6) is 5.75 Å². The Morgan fingerprint density at radius 3 is 2.74 bits per heavy atom. The Hall–Kier alpha value is -1.26. The van der Waals surface area contributed by atoms with E-state index < -0.39 is 0 Å². The number of rotatable bonds is 7. The molecule has 19 heavy (non-hydrogen) atoms. The zero-order valence-electron chi connectivity index (χ0n) is 11.5. The fraction of sp³-hybridized carbons (Fsp3) is 0.500. The molecule has 0 aliphatic carbocycles. The van der Waals surface area contributed by atoms with Crippen LogP contribution in [0.2, 0.25) is 0 Å². The highest BCUT2D eigenvalue weighted by molar-refractivity contribution is 5.85. The molecule has 0 aliphatic rings. The summed E-state index contributed by atoms with van der Waals surface area (Å²) in [6.45, 7) is 5.26. The van der Waals surface area contributed by atoms with E-state index in [-0.39, 0.29) is 30.8 Å². The third kappa shape index (κ3) is 6.45. The van der Waals surface area contributed by atoms with Crippen LogP contribution in [0.3, 0.4) is 0 Å². The number of carbonyl (C=O) groups excluding carboxylic acids is 1. The van der Waals surface area contributed by atoms with Crippen molar-refractivity contribution < 1.29 is 9.53 Å². The number of carbonyl (C=O) groups is 1. The Kier molecular flexibility index (Phi) is 9.00. The third-order valence-corrected chi connectivity index (χ3v) is 2.76. The average molecular weight is 287 g/mol. The second-order valence-electron chi connectivity index (χ2n) is 4.39. The quantitative estimate of drug-likeness (QED) is 0.803. The van der Waals surface area contributed by atoms with Crippen molar-refractivity contribution in [3.8, 4) is 5.75 Å². The summed E-state index contributed by atoms with van der Waals surface area (Å²) in [5.74, 6) is 0.958. The van der Waals surface area contributed by atoms with E-state index in [4.69, 9.17) is 10.5 Å². The summed E-state index contributed by atoms with van der Waals surface area (Å²) in [5, 5.41) is 2.80. The van der Waals surface area contributed by atoms with Crippen LogP contribution in [0.1, 0.15) is 19.4 Å². The molecule has 4 nitrogen and oxygen atoms in total. The van der Waals surface area contributed by atoms with Crippen LogP contribution in [-0.2, 0) is 11.2 Å². The van der Waals surface area contributed by atoms with E-state index in [1.54, 1.807) is 0 Å². The molecule has 0 saturated heterocycles. The normalized spacial score (nSPS) is 11.3. The molecule has 108 valence electrons. The number of ether oxygens (including phenoxy) is 1. The van der Waals surface area contributed by atoms with Crippen molar-refractivity contribution in [3.05, 3.63) is 29.8 Å². The smallest absolute Gasteiger partial charge is 0.257 e. The summed E-state index contributed by atoms with van der Waals surface area (Å²) < 4.78 is 5.51. The summed E-state index contributed by atoms with van der Waals surface area (Å²) in [7, 11) is 0. The van der Waals surface area contributed by atoms with E-state index in [2.05, 4.69) is 12.2 Å². The number of hydrogen-bond donors (Lipinski definition) is 2. The zero-order chi connectivity index (χ0) is 13.4. The van der Waals surface area contributed by atoms with E-state index >= 15 is 0 Å². The molecule has 0 saturated carbocycles. The molecule has 1 amide bonds. The molecular formula is C14H23ClN2O2. The predicted molar refractivity (Wildman–Crippen MR) is 79.8 cm³/mol. The number of amides is 1. The maximum absolute atomic E-state index is 11.6. The first-order valence-corrected chi connectivity index (χ1v) is 6.34. The molecule has 0 fully saturated rings. The summed E-state index contributed by atoms with van der Waals surface area (Å²) in [4.78, 5) is 11.6. The van der Waals surface area contributed by atoms with Crippen LogP contribution >= 0.6 is 12.4 Å². The van der Waals surface area contributed by atoms with Crippen LogP contribution in [0.4, 0.5) is 0 Å². The molecule has 1 rings (SSSR count). The van der Waals surface area contributed by atoms with Gasteiger partial charge in [-0.2, -0.15) is 0 Å². The highest BCUT2D eigenvalue weighted by Gasteiger charge is 2.06. The Balaban J connectivity index is 0.00000324. The number of benzene rings is 1. The second-order valence-corrected chi connectivity index (χ2v) is 4.39. The van der Waals surface area contributed by atoms with Gasteiger partial charge >= 0.3 is 0 Å². The fourth-order valence-corrected chi connectivity index (χ4v) is 1.50. The second kappa shape index (κ2) is 9.64. The van der Waals surface area contributed by atoms with Gasteiger partial charge in [0.15, 0.2) is 6.61 Å². The van der Waals surface area contributed by atoms with Gasteiger partial charge in [-0.1, -0.05) is 32.0 Å². The highest BCUT2D eigenvalue weighted by atomic mass is 35.5. The van der Waals surface area contributed by atoms with Gasteiger partial charge in [-0.3, -0.25) is 4.79 Å². The lowest BCUT2D eigenvalue weighted by Crippen LogP contribution is -2.34. The monoisotopic (exact) mass is 286 g/mol. The van der Waals surface area contributed by atoms with Crippen molar-refractivity contribution in [2.24, 2.45) is 11.7 Å². The molecule has 5 heteroatoms. The van der Waals surface area contributed by atoms with Gasteiger partial charge in [0.05, 0.1) is 0 Å². The lowest BCUT2D eigenvalue weighted by molar-refractivity contribution is -0.123. The fourth-order valence-electron chi connectivity index (χ4n) is 1.50. The SMILES string of the molecule is CCc1ccccc1OCC(=O)NCC(C)CN.Cl. The minimum absolute atomic E-state index is 0. The van der Waals surface area contributed by atoms with Crippen molar-refractivity contribution in [2.45, 2.75) is 20.3 Å². The molecule has 1 unspecified atom stereocenters. The highest BCUT2D eigenvalue weighted by Crippen LogP contribution is 2.17. The Labute approximate surface area is 121 Å². The molecule has 0 radical (unpaired) electrons. The van der Waals surface area contributed by atoms with Crippen LogP contribution < -0.4 is 15.8 Å². The Morgan fingerprint density at radius 1 is 1.42 bits per heavy atom. The first-order chi connectivity index (χ1) is 8.67. The van der Waals surface area contributed by atoms with Gasteiger partial charge in [-0.05, 0) is 30.5 Å². The first kappa shape index (κ1) is 17.7. The first-order valence-electron chi connectivity index (χ1n) is 6.34. The summed E-state index contributed by atoms with van der Waals surface area (Å²) >= 11 is 0. The number of aryl methyl sites for hydroxylation is 1. The molecule has 0 spiro atoms. The van der Waals surface area contributed by atoms with Crippen molar-refractivity contribution in [1.29, 1.82) is 0 Å². The molecule has 1 atom stereocenters. The largest absolute Gasteiger partial charge is 0.483 e. The van der Waals surface area contributed by atoms with Crippen molar-refractivity contribution >= 4 is 18.3 Å². The Morgan fingerprint density at radius 2 is 2.11 bits per heavy atom. The zero-order valence-corrected chi connectivity index (χ0v) is 12.3. The number of nitrogens with one attached hydrogen (secondary N) is 1. The van der Waals surface area contributed by atoms with E-state index in [0.29, 0.717) is 13.1 Å². The van der Waals surface area contributed by atoms with Gasteiger partial charge in [0.25, 0.3) is 5.91 Å². The minimum atomic E-state index is -0.110. The van der Waals surface area contributed by atoms with E-state index in [1.165, 1.54) is 0 Å². The van der Waals surface area contributed by atoms with Gasteiger partial charge in [0.2, 0.25) is 0 Å². The molecule has 1 aromatic carbocycles. The van der Waals surface area contributed by atoms with Gasteiger partial charge in [-0.15, -0.1) is 12.4 Å². The van der Waals surface area contributed by atoms with Gasteiger partial charge in [0, 0.05) is 6.54 Å². The van der Waals surface area contributed by atoms with Crippen LogP contribution in [0.15, 0.2) is 24.3 Å². The number of nitrogens with two attached hydrogens (primary N) is 1. The van der Waals surface area contributed by atoms with Crippen LogP contribution in [0, 0.1) is 5.92 Å². The summed E-state index contributed by atoms with van der Waals surface area (Å²) in [5.41, 5.74) is 6.59.